The van der Waals surface area contributed by atoms with Crippen molar-refractivity contribution in [1.29, 1.82) is 0 Å². The lowest BCUT2D eigenvalue weighted by atomic mass is 9.72. The Balaban J connectivity index is 1.45. The van der Waals surface area contributed by atoms with Gasteiger partial charge in [-0.25, -0.2) is 0 Å². The number of piperazine rings is 1. The molecule has 2 aliphatic heterocycles. The maximum atomic E-state index is 13.3. The van der Waals surface area contributed by atoms with E-state index in [0.29, 0.717) is 25.4 Å². The molecule has 3 aliphatic rings. The van der Waals surface area contributed by atoms with Gasteiger partial charge < -0.3 is 15.1 Å². The van der Waals surface area contributed by atoms with E-state index in [2.05, 4.69) is 23.2 Å². The second-order valence-electron chi connectivity index (χ2n) is 8.24. The molecule has 146 valence electrons. The number of anilines is 1. The first kappa shape index (κ1) is 18.6. The first-order valence-corrected chi connectivity index (χ1v) is 10.5. The van der Waals surface area contributed by atoms with Crippen LogP contribution in [0.1, 0.15) is 39.0 Å². The zero-order valence-electron chi connectivity index (χ0n) is 15.9. The molecule has 1 aromatic carbocycles. The summed E-state index contributed by atoms with van der Waals surface area (Å²) in [7, 11) is 0. The fraction of sp³-hybridized carbons (Fsp3) is 0.619. The number of piperidine rings is 1. The quantitative estimate of drug-likeness (QED) is 0.845. The van der Waals surface area contributed by atoms with Crippen LogP contribution in [0, 0.1) is 11.8 Å². The van der Waals surface area contributed by atoms with Gasteiger partial charge in [0.25, 0.3) is 0 Å². The first-order chi connectivity index (χ1) is 13.0. The second kappa shape index (κ2) is 7.70. The molecule has 4 rings (SSSR count). The molecule has 0 spiro atoms. The van der Waals surface area contributed by atoms with Crippen molar-refractivity contribution in [1.82, 2.24) is 10.2 Å². The summed E-state index contributed by atoms with van der Waals surface area (Å²) < 4.78 is 0. The van der Waals surface area contributed by atoms with E-state index in [4.69, 9.17) is 11.6 Å². The summed E-state index contributed by atoms with van der Waals surface area (Å²) in [5.74, 6) is 0.389. The summed E-state index contributed by atoms with van der Waals surface area (Å²) in [6.07, 6.45) is 4.73. The highest BCUT2D eigenvalue weighted by atomic mass is 35.5. The standard InChI is InChI=1S/C21H28ClN3O2/c1-14-13-24(9-10-25(14)16-6-4-5-15(22)11-16)21(27)18-12-20(26)23-19-8-3-2-7-17(18)19/h4-6,11,14,17-19H,2-3,7-10,12-13H2,1H3,(H,23,26). The molecule has 5 nitrogen and oxygen atoms in total. The molecule has 4 atom stereocenters. The summed E-state index contributed by atoms with van der Waals surface area (Å²) in [5, 5.41) is 3.85. The number of carbonyl (C=O) groups excluding carboxylic acids is 2. The largest absolute Gasteiger partial charge is 0.365 e. The molecule has 0 radical (unpaired) electrons. The Labute approximate surface area is 166 Å². The Hall–Kier alpha value is -1.75. The fourth-order valence-corrected chi connectivity index (χ4v) is 5.32. The second-order valence-corrected chi connectivity index (χ2v) is 8.68. The third-order valence-electron chi connectivity index (χ3n) is 6.48. The van der Waals surface area contributed by atoms with Gasteiger partial charge in [0.1, 0.15) is 0 Å². The van der Waals surface area contributed by atoms with Crippen molar-refractivity contribution >= 4 is 29.1 Å². The van der Waals surface area contributed by atoms with Crippen LogP contribution in [0.2, 0.25) is 5.02 Å². The van der Waals surface area contributed by atoms with Gasteiger partial charge in [-0.2, -0.15) is 0 Å². The molecule has 1 aromatic rings. The highest BCUT2D eigenvalue weighted by Crippen LogP contribution is 2.36. The van der Waals surface area contributed by atoms with Crippen molar-refractivity contribution in [2.45, 2.75) is 51.1 Å². The summed E-state index contributed by atoms with van der Waals surface area (Å²) in [4.78, 5) is 29.7. The van der Waals surface area contributed by atoms with Crippen LogP contribution in [-0.2, 0) is 9.59 Å². The van der Waals surface area contributed by atoms with E-state index in [-0.39, 0.29) is 29.8 Å². The van der Waals surface area contributed by atoms with Crippen LogP contribution in [-0.4, -0.2) is 48.4 Å². The van der Waals surface area contributed by atoms with Crippen molar-refractivity contribution in [2.75, 3.05) is 24.5 Å². The Bertz CT molecular complexity index is 725. The van der Waals surface area contributed by atoms with Gasteiger partial charge in [-0.15, -0.1) is 0 Å². The first-order valence-electron chi connectivity index (χ1n) is 10.1. The SMILES string of the molecule is CC1CN(C(=O)C2CC(=O)NC3CCCCC32)CCN1c1cccc(Cl)c1. The Kier molecular flexibility index (Phi) is 5.31. The van der Waals surface area contributed by atoms with E-state index in [9.17, 15) is 9.59 Å². The molecular formula is C21H28ClN3O2. The topological polar surface area (TPSA) is 52.7 Å². The predicted molar refractivity (Wildman–Crippen MR) is 107 cm³/mol. The van der Waals surface area contributed by atoms with E-state index in [0.717, 1.165) is 36.5 Å². The molecule has 4 unspecified atom stereocenters. The number of benzene rings is 1. The summed E-state index contributed by atoms with van der Waals surface area (Å²) in [5.41, 5.74) is 1.10. The number of nitrogens with one attached hydrogen (secondary N) is 1. The monoisotopic (exact) mass is 389 g/mol. The van der Waals surface area contributed by atoms with Crippen molar-refractivity contribution < 1.29 is 9.59 Å². The van der Waals surface area contributed by atoms with Crippen molar-refractivity contribution in [3.63, 3.8) is 0 Å². The molecule has 3 fully saturated rings. The summed E-state index contributed by atoms with van der Waals surface area (Å²) in [6, 6.07) is 8.31. The molecule has 0 aromatic heterocycles. The third-order valence-corrected chi connectivity index (χ3v) is 6.72. The minimum absolute atomic E-state index is 0.0436. The van der Waals surface area contributed by atoms with Crippen LogP contribution in [0.3, 0.4) is 0 Å². The van der Waals surface area contributed by atoms with Crippen molar-refractivity contribution in [2.24, 2.45) is 11.8 Å². The predicted octanol–water partition coefficient (Wildman–Crippen LogP) is 3.07. The molecular weight excluding hydrogens is 362 g/mol. The fourth-order valence-electron chi connectivity index (χ4n) is 5.14. The summed E-state index contributed by atoms with van der Waals surface area (Å²) in [6.45, 7) is 4.34. The van der Waals surface area contributed by atoms with Gasteiger partial charge in [-0.05, 0) is 43.9 Å². The molecule has 2 saturated heterocycles. The number of hydrogen-bond donors (Lipinski definition) is 1. The van der Waals surface area contributed by atoms with Gasteiger partial charge >= 0.3 is 0 Å². The third kappa shape index (κ3) is 3.79. The lowest BCUT2D eigenvalue weighted by Crippen LogP contribution is -2.59. The number of halogens is 1. The molecule has 2 amide bonds. The summed E-state index contributed by atoms with van der Waals surface area (Å²) >= 11 is 6.14. The average molecular weight is 390 g/mol. The van der Waals surface area contributed by atoms with E-state index < -0.39 is 0 Å². The number of nitrogens with zero attached hydrogens (tertiary/aromatic N) is 2. The zero-order chi connectivity index (χ0) is 19.0. The minimum atomic E-state index is -0.144. The normalized spacial score (nSPS) is 31.3. The van der Waals surface area contributed by atoms with Crippen LogP contribution in [0.4, 0.5) is 5.69 Å². The lowest BCUT2D eigenvalue weighted by molar-refractivity contribution is -0.145. The maximum Gasteiger partial charge on any atom is 0.226 e. The maximum absolute atomic E-state index is 13.3. The van der Waals surface area contributed by atoms with Gasteiger partial charge in [0, 0.05) is 48.8 Å². The van der Waals surface area contributed by atoms with E-state index in [1.54, 1.807) is 0 Å². The zero-order valence-corrected chi connectivity index (χ0v) is 16.6. The molecule has 6 heteroatoms. The molecule has 1 saturated carbocycles. The van der Waals surface area contributed by atoms with Gasteiger partial charge in [0.2, 0.25) is 11.8 Å². The lowest BCUT2D eigenvalue weighted by Gasteiger charge is -2.45. The number of rotatable bonds is 2. The van der Waals surface area contributed by atoms with Crippen LogP contribution in [0.15, 0.2) is 24.3 Å². The smallest absolute Gasteiger partial charge is 0.226 e. The molecule has 2 heterocycles. The van der Waals surface area contributed by atoms with Crippen LogP contribution < -0.4 is 10.2 Å². The number of hydrogen-bond acceptors (Lipinski definition) is 3. The van der Waals surface area contributed by atoms with Crippen molar-refractivity contribution in [3.05, 3.63) is 29.3 Å². The average Bonchev–Trinajstić information content (AvgIpc) is 2.66. The van der Waals surface area contributed by atoms with Gasteiger partial charge in [0.05, 0.1) is 5.92 Å². The number of carbonyl (C=O) groups is 2. The Morgan fingerprint density at radius 3 is 2.81 bits per heavy atom. The highest BCUT2D eigenvalue weighted by Gasteiger charge is 2.43. The van der Waals surface area contributed by atoms with Crippen LogP contribution in [0.25, 0.3) is 0 Å². The number of fused-ring (bicyclic) bond motifs is 1. The van der Waals surface area contributed by atoms with Gasteiger partial charge in [-0.3, -0.25) is 9.59 Å². The van der Waals surface area contributed by atoms with Gasteiger partial charge in [-0.1, -0.05) is 30.5 Å². The van der Waals surface area contributed by atoms with Crippen molar-refractivity contribution in [3.8, 4) is 0 Å². The Morgan fingerprint density at radius 2 is 2.04 bits per heavy atom. The molecule has 0 bridgehead atoms. The number of amides is 2. The highest BCUT2D eigenvalue weighted by molar-refractivity contribution is 6.30. The van der Waals surface area contributed by atoms with E-state index >= 15 is 0 Å². The molecule has 1 N–H and O–H groups in total. The molecule has 27 heavy (non-hydrogen) atoms. The Morgan fingerprint density at radius 1 is 1.22 bits per heavy atom. The van der Waals surface area contributed by atoms with E-state index in [1.807, 2.05) is 23.1 Å². The van der Waals surface area contributed by atoms with Crippen LogP contribution in [0.5, 0.6) is 0 Å². The molecule has 1 aliphatic carbocycles. The van der Waals surface area contributed by atoms with Gasteiger partial charge in [0.15, 0.2) is 0 Å². The minimum Gasteiger partial charge on any atom is -0.365 e. The van der Waals surface area contributed by atoms with E-state index in [1.165, 1.54) is 6.42 Å². The van der Waals surface area contributed by atoms with Crippen LogP contribution >= 0.6 is 11.6 Å².